The first-order valence-electron chi connectivity index (χ1n) is 6.60. The highest BCUT2D eigenvalue weighted by atomic mass is 16.6. The minimum absolute atomic E-state index is 0.567. The summed E-state index contributed by atoms with van der Waals surface area (Å²) in [7, 11) is 0. The fourth-order valence-electron chi connectivity index (χ4n) is 1.99. The normalized spacial score (nSPS) is 27.1. The van der Waals surface area contributed by atoms with E-state index < -0.39 is 0 Å². The zero-order chi connectivity index (χ0) is 11.1. The van der Waals surface area contributed by atoms with Crippen LogP contribution in [0.15, 0.2) is 12.2 Å². The number of hydrogen-bond donors (Lipinski definition) is 0. The van der Waals surface area contributed by atoms with Crippen molar-refractivity contribution in [3.8, 4) is 0 Å². The summed E-state index contributed by atoms with van der Waals surface area (Å²) >= 11 is 0. The van der Waals surface area contributed by atoms with Gasteiger partial charge in [-0.25, -0.2) is 0 Å². The molecule has 88 valence electrons. The van der Waals surface area contributed by atoms with Gasteiger partial charge in [-0.05, 0) is 25.2 Å². The maximum atomic E-state index is 5.66. The SMILES string of the molecule is CCC/C=C/C(C)CC1OC1CCCC. The fraction of sp³-hybridized carbons (Fsp3) is 0.857. The van der Waals surface area contributed by atoms with Gasteiger partial charge in [-0.2, -0.15) is 0 Å². The summed E-state index contributed by atoms with van der Waals surface area (Å²) in [4.78, 5) is 0. The molecule has 0 radical (unpaired) electrons. The van der Waals surface area contributed by atoms with Gasteiger partial charge in [0.15, 0.2) is 0 Å². The molecule has 0 aliphatic carbocycles. The van der Waals surface area contributed by atoms with Crippen molar-refractivity contribution in [3.63, 3.8) is 0 Å². The van der Waals surface area contributed by atoms with Crippen LogP contribution in [0.5, 0.6) is 0 Å². The maximum Gasteiger partial charge on any atom is 0.0847 e. The van der Waals surface area contributed by atoms with E-state index >= 15 is 0 Å². The van der Waals surface area contributed by atoms with Gasteiger partial charge < -0.3 is 4.74 Å². The molecule has 0 bridgehead atoms. The summed E-state index contributed by atoms with van der Waals surface area (Å²) in [5.41, 5.74) is 0. The highest BCUT2D eigenvalue weighted by Gasteiger charge is 2.37. The molecule has 3 unspecified atom stereocenters. The van der Waals surface area contributed by atoms with Gasteiger partial charge in [0.05, 0.1) is 12.2 Å². The van der Waals surface area contributed by atoms with E-state index in [9.17, 15) is 0 Å². The highest BCUT2D eigenvalue weighted by molar-refractivity contribution is 4.92. The molecule has 1 nitrogen and oxygen atoms in total. The molecule has 1 heterocycles. The van der Waals surface area contributed by atoms with Crippen molar-refractivity contribution in [1.82, 2.24) is 0 Å². The zero-order valence-corrected chi connectivity index (χ0v) is 10.5. The van der Waals surface area contributed by atoms with Crippen molar-refractivity contribution in [2.24, 2.45) is 5.92 Å². The van der Waals surface area contributed by atoms with Crippen molar-refractivity contribution in [3.05, 3.63) is 12.2 Å². The van der Waals surface area contributed by atoms with Crippen LogP contribution in [-0.4, -0.2) is 12.2 Å². The van der Waals surface area contributed by atoms with Gasteiger partial charge in [0, 0.05) is 0 Å². The second-order valence-electron chi connectivity index (χ2n) is 4.79. The van der Waals surface area contributed by atoms with Crippen LogP contribution >= 0.6 is 0 Å². The second-order valence-corrected chi connectivity index (χ2v) is 4.79. The van der Waals surface area contributed by atoms with Gasteiger partial charge in [-0.15, -0.1) is 0 Å². The molecule has 3 atom stereocenters. The molecule has 1 fully saturated rings. The van der Waals surface area contributed by atoms with Crippen LogP contribution < -0.4 is 0 Å². The Morgan fingerprint density at radius 2 is 2.00 bits per heavy atom. The Kier molecular flexibility index (Phi) is 6.00. The molecule has 1 heteroatoms. The van der Waals surface area contributed by atoms with Crippen molar-refractivity contribution >= 4 is 0 Å². The van der Waals surface area contributed by atoms with E-state index in [2.05, 4.69) is 32.9 Å². The van der Waals surface area contributed by atoms with Gasteiger partial charge >= 0.3 is 0 Å². The minimum Gasteiger partial charge on any atom is -0.370 e. The first kappa shape index (κ1) is 12.8. The molecule has 1 aliphatic heterocycles. The van der Waals surface area contributed by atoms with Gasteiger partial charge in [0.2, 0.25) is 0 Å². The van der Waals surface area contributed by atoms with Gasteiger partial charge in [-0.3, -0.25) is 0 Å². The van der Waals surface area contributed by atoms with E-state index in [1.54, 1.807) is 0 Å². The Bertz CT molecular complexity index is 186. The second kappa shape index (κ2) is 7.05. The Morgan fingerprint density at radius 3 is 2.67 bits per heavy atom. The third-order valence-electron chi connectivity index (χ3n) is 3.05. The standard InChI is InChI=1S/C14H26O/c1-4-6-8-9-12(3)11-14-13(15-14)10-7-5-2/h8-9,12-14H,4-7,10-11H2,1-3H3/b9-8+. The van der Waals surface area contributed by atoms with Crippen molar-refractivity contribution in [1.29, 1.82) is 0 Å². The number of rotatable bonds is 8. The number of unbranched alkanes of at least 4 members (excludes halogenated alkanes) is 2. The lowest BCUT2D eigenvalue weighted by molar-refractivity contribution is 0.344. The monoisotopic (exact) mass is 210 g/mol. The molecule has 15 heavy (non-hydrogen) atoms. The lowest BCUT2D eigenvalue weighted by Crippen LogP contribution is -2.00. The molecule has 0 spiro atoms. The van der Waals surface area contributed by atoms with E-state index in [0.717, 1.165) is 0 Å². The number of allylic oxidation sites excluding steroid dienone is 2. The highest BCUT2D eigenvalue weighted by Crippen LogP contribution is 2.32. The zero-order valence-electron chi connectivity index (χ0n) is 10.5. The molecule has 1 saturated heterocycles. The first-order chi connectivity index (χ1) is 7.27. The predicted molar refractivity (Wildman–Crippen MR) is 66.0 cm³/mol. The Hall–Kier alpha value is -0.300. The molecular formula is C14H26O. The number of ether oxygens (including phenoxy) is 1. The summed E-state index contributed by atoms with van der Waals surface area (Å²) in [5, 5.41) is 0. The summed E-state index contributed by atoms with van der Waals surface area (Å²) in [6.45, 7) is 6.76. The average molecular weight is 210 g/mol. The maximum absolute atomic E-state index is 5.66. The Labute approximate surface area is 94.9 Å². The quantitative estimate of drug-likeness (QED) is 0.429. The van der Waals surface area contributed by atoms with Crippen LogP contribution in [-0.2, 0) is 4.74 Å². The molecule has 0 aromatic heterocycles. The van der Waals surface area contributed by atoms with E-state index in [1.165, 1.54) is 38.5 Å². The predicted octanol–water partition coefficient (Wildman–Crippen LogP) is 4.33. The van der Waals surface area contributed by atoms with E-state index in [4.69, 9.17) is 4.74 Å². The number of epoxide rings is 1. The van der Waals surface area contributed by atoms with Crippen LogP contribution in [0.3, 0.4) is 0 Å². The van der Waals surface area contributed by atoms with Crippen molar-refractivity contribution in [2.45, 2.75) is 71.5 Å². The van der Waals surface area contributed by atoms with Crippen LogP contribution in [0.4, 0.5) is 0 Å². The smallest absolute Gasteiger partial charge is 0.0847 e. The molecule has 1 rings (SSSR count). The van der Waals surface area contributed by atoms with E-state index in [-0.39, 0.29) is 0 Å². The first-order valence-corrected chi connectivity index (χ1v) is 6.60. The van der Waals surface area contributed by atoms with Crippen LogP contribution in [0.1, 0.15) is 59.3 Å². The fourth-order valence-corrected chi connectivity index (χ4v) is 1.99. The summed E-state index contributed by atoms with van der Waals surface area (Å²) in [6.07, 6.45) is 13.4. The molecule has 0 saturated carbocycles. The average Bonchev–Trinajstić information content (AvgIpc) is 2.94. The molecule has 0 aromatic carbocycles. The third-order valence-corrected chi connectivity index (χ3v) is 3.05. The lowest BCUT2D eigenvalue weighted by Gasteiger charge is -2.02. The summed E-state index contributed by atoms with van der Waals surface area (Å²) in [6, 6.07) is 0. The third kappa shape index (κ3) is 5.36. The Morgan fingerprint density at radius 1 is 1.20 bits per heavy atom. The number of hydrogen-bond acceptors (Lipinski definition) is 1. The molecule has 0 N–H and O–H groups in total. The van der Waals surface area contributed by atoms with Gasteiger partial charge in [0.1, 0.15) is 0 Å². The van der Waals surface area contributed by atoms with Gasteiger partial charge in [0.25, 0.3) is 0 Å². The van der Waals surface area contributed by atoms with Crippen molar-refractivity contribution < 1.29 is 4.74 Å². The Balaban J connectivity index is 2.05. The molecule has 0 amide bonds. The van der Waals surface area contributed by atoms with Crippen molar-refractivity contribution in [2.75, 3.05) is 0 Å². The molecular weight excluding hydrogens is 184 g/mol. The lowest BCUT2D eigenvalue weighted by atomic mass is 10.0. The summed E-state index contributed by atoms with van der Waals surface area (Å²) in [5.74, 6) is 0.688. The van der Waals surface area contributed by atoms with E-state index in [1.807, 2.05) is 0 Å². The summed E-state index contributed by atoms with van der Waals surface area (Å²) < 4.78 is 5.66. The topological polar surface area (TPSA) is 12.5 Å². The largest absolute Gasteiger partial charge is 0.370 e. The minimum atomic E-state index is 0.567. The van der Waals surface area contributed by atoms with Crippen LogP contribution in [0, 0.1) is 5.92 Å². The molecule has 0 aromatic rings. The molecule has 1 aliphatic rings. The van der Waals surface area contributed by atoms with Crippen LogP contribution in [0.2, 0.25) is 0 Å². The van der Waals surface area contributed by atoms with Gasteiger partial charge in [-0.1, -0.05) is 52.2 Å². The van der Waals surface area contributed by atoms with E-state index in [0.29, 0.717) is 18.1 Å². The van der Waals surface area contributed by atoms with Crippen LogP contribution in [0.25, 0.3) is 0 Å².